The van der Waals surface area contributed by atoms with Crippen molar-refractivity contribution in [1.82, 2.24) is 4.57 Å². The van der Waals surface area contributed by atoms with Gasteiger partial charge in [-0.15, -0.1) is 0 Å². The summed E-state index contributed by atoms with van der Waals surface area (Å²) in [5, 5.41) is 10.6. The van der Waals surface area contributed by atoms with Crippen molar-refractivity contribution in [2.45, 2.75) is 19.3 Å². The molecule has 1 aliphatic carbocycles. The molecule has 0 radical (unpaired) electrons. The lowest BCUT2D eigenvalue weighted by Crippen LogP contribution is -2.22. The molecule has 1 aromatic heterocycles. The zero-order valence-electron chi connectivity index (χ0n) is 13.1. The van der Waals surface area contributed by atoms with Crippen LogP contribution in [-0.2, 0) is 24.7 Å². The van der Waals surface area contributed by atoms with Crippen LogP contribution in [0.4, 0.5) is 0 Å². The van der Waals surface area contributed by atoms with Crippen molar-refractivity contribution >= 4 is 16.9 Å². The highest BCUT2D eigenvalue weighted by Gasteiger charge is 2.28. The summed E-state index contributed by atoms with van der Waals surface area (Å²) in [6, 6.07) is 16.8. The second kappa shape index (κ2) is 5.27. The molecule has 1 atom stereocenters. The van der Waals surface area contributed by atoms with E-state index in [4.69, 9.17) is 0 Å². The molecular weight excluding hydrogens is 286 g/mol. The van der Waals surface area contributed by atoms with E-state index in [0.29, 0.717) is 6.42 Å². The van der Waals surface area contributed by atoms with E-state index >= 15 is 0 Å². The first-order valence-electron chi connectivity index (χ1n) is 8.03. The SMILES string of the molecule is Cn1c2c(c3cc(-c4ccccc4)ccc31)CC(C(=O)O)CC2. The first-order chi connectivity index (χ1) is 11.1. The second-order valence-corrected chi connectivity index (χ2v) is 6.36. The topological polar surface area (TPSA) is 42.2 Å². The minimum Gasteiger partial charge on any atom is -0.481 e. The summed E-state index contributed by atoms with van der Waals surface area (Å²) in [4.78, 5) is 11.4. The number of benzene rings is 2. The van der Waals surface area contributed by atoms with Crippen LogP contribution in [-0.4, -0.2) is 15.6 Å². The van der Waals surface area contributed by atoms with Crippen molar-refractivity contribution in [2.24, 2.45) is 13.0 Å². The third-order valence-electron chi connectivity index (χ3n) is 5.07. The predicted octanol–water partition coefficient (Wildman–Crippen LogP) is 4.03. The zero-order valence-corrected chi connectivity index (χ0v) is 13.1. The molecule has 1 aliphatic rings. The van der Waals surface area contributed by atoms with Crippen molar-refractivity contribution in [3.63, 3.8) is 0 Å². The van der Waals surface area contributed by atoms with E-state index in [9.17, 15) is 9.90 Å². The van der Waals surface area contributed by atoms with Gasteiger partial charge in [-0.1, -0.05) is 36.4 Å². The first kappa shape index (κ1) is 14.1. The number of aromatic nitrogens is 1. The van der Waals surface area contributed by atoms with Gasteiger partial charge in [-0.25, -0.2) is 0 Å². The minimum atomic E-state index is -0.674. The standard InChI is InChI=1S/C20H19NO2/c1-21-18-9-7-14(13-5-3-2-4-6-13)11-16(18)17-12-15(20(22)23)8-10-19(17)21/h2-7,9,11,15H,8,10,12H2,1H3,(H,22,23). The van der Waals surface area contributed by atoms with Gasteiger partial charge < -0.3 is 9.67 Å². The number of aliphatic carboxylic acids is 1. The van der Waals surface area contributed by atoms with Crippen LogP contribution in [0.3, 0.4) is 0 Å². The Morgan fingerprint density at radius 2 is 1.91 bits per heavy atom. The summed E-state index contributed by atoms with van der Waals surface area (Å²) >= 11 is 0. The Labute approximate surface area is 135 Å². The van der Waals surface area contributed by atoms with Crippen LogP contribution in [0.15, 0.2) is 48.5 Å². The quantitative estimate of drug-likeness (QED) is 0.776. The number of carboxylic acids is 1. The lowest BCUT2D eigenvalue weighted by Gasteiger charge is -2.19. The summed E-state index contributed by atoms with van der Waals surface area (Å²) in [6.45, 7) is 0. The van der Waals surface area contributed by atoms with Gasteiger partial charge in [-0.3, -0.25) is 4.79 Å². The van der Waals surface area contributed by atoms with E-state index in [1.165, 1.54) is 33.3 Å². The van der Waals surface area contributed by atoms with E-state index in [0.717, 1.165) is 12.8 Å². The molecule has 4 rings (SSSR count). The lowest BCUT2D eigenvalue weighted by atomic mass is 9.86. The molecular formula is C20H19NO2. The summed E-state index contributed by atoms with van der Waals surface area (Å²) in [6.07, 6.45) is 2.22. The number of hydrogen-bond acceptors (Lipinski definition) is 1. The fourth-order valence-electron chi connectivity index (χ4n) is 3.80. The fraction of sp³-hybridized carbons (Fsp3) is 0.250. The van der Waals surface area contributed by atoms with Crippen LogP contribution in [0.2, 0.25) is 0 Å². The Bertz CT molecular complexity index is 893. The number of rotatable bonds is 2. The van der Waals surface area contributed by atoms with Crippen molar-refractivity contribution in [3.05, 3.63) is 59.8 Å². The summed E-state index contributed by atoms with van der Waals surface area (Å²) in [5.74, 6) is -0.930. The first-order valence-corrected chi connectivity index (χ1v) is 8.03. The van der Waals surface area contributed by atoms with Gasteiger partial charge in [0.25, 0.3) is 0 Å². The largest absolute Gasteiger partial charge is 0.481 e. The van der Waals surface area contributed by atoms with Crippen LogP contribution >= 0.6 is 0 Å². The average Bonchev–Trinajstić information content (AvgIpc) is 2.87. The maximum atomic E-state index is 11.4. The Kier molecular flexibility index (Phi) is 3.22. The molecule has 23 heavy (non-hydrogen) atoms. The molecule has 0 amide bonds. The van der Waals surface area contributed by atoms with E-state index in [-0.39, 0.29) is 5.92 Å². The summed E-state index contributed by atoms with van der Waals surface area (Å²) in [7, 11) is 2.09. The van der Waals surface area contributed by atoms with E-state index in [2.05, 4.69) is 41.9 Å². The van der Waals surface area contributed by atoms with Crippen LogP contribution in [0.25, 0.3) is 22.0 Å². The number of carboxylic acid groups (broad SMARTS) is 1. The Morgan fingerprint density at radius 1 is 1.13 bits per heavy atom. The van der Waals surface area contributed by atoms with Crippen molar-refractivity contribution in [3.8, 4) is 11.1 Å². The summed E-state index contributed by atoms with van der Waals surface area (Å²) < 4.78 is 2.23. The van der Waals surface area contributed by atoms with E-state index in [1.807, 2.05) is 18.2 Å². The van der Waals surface area contributed by atoms with Gasteiger partial charge in [-0.05, 0) is 48.1 Å². The monoisotopic (exact) mass is 305 g/mol. The molecule has 3 nitrogen and oxygen atoms in total. The normalized spacial score (nSPS) is 17.2. The van der Waals surface area contributed by atoms with Crippen LogP contribution in [0.1, 0.15) is 17.7 Å². The van der Waals surface area contributed by atoms with Crippen molar-refractivity contribution in [2.75, 3.05) is 0 Å². The highest BCUT2D eigenvalue weighted by Crippen LogP contribution is 2.36. The number of fused-ring (bicyclic) bond motifs is 3. The highest BCUT2D eigenvalue weighted by atomic mass is 16.4. The predicted molar refractivity (Wildman–Crippen MR) is 91.5 cm³/mol. The molecule has 0 bridgehead atoms. The molecule has 0 saturated carbocycles. The molecule has 0 fully saturated rings. The molecule has 3 heteroatoms. The average molecular weight is 305 g/mol. The van der Waals surface area contributed by atoms with Gasteiger partial charge >= 0.3 is 5.97 Å². The van der Waals surface area contributed by atoms with E-state index < -0.39 is 5.97 Å². The number of nitrogens with zero attached hydrogens (tertiary/aromatic N) is 1. The third-order valence-corrected chi connectivity index (χ3v) is 5.07. The lowest BCUT2D eigenvalue weighted by molar-refractivity contribution is -0.142. The molecule has 0 saturated heterocycles. The number of carbonyl (C=O) groups is 1. The smallest absolute Gasteiger partial charge is 0.306 e. The highest BCUT2D eigenvalue weighted by molar-refractivity contribution is 5.90. The van der Waals surface area contributed by atoms with Gasteiger partial charge in [0.05, 0.1) is 5.92 Å². The molecule has 1 unspecified atom stereocenters. The van der Waals surface area contributed by atoms with Gasteiger partial charge in [0, 0.05) is 23.6 Å². The van der Waals surface area contributed by atoms with Crippen molar-refractivity contribution in [1.29, 1.82) is 0 Å². The van der Waals surface area contributed by atoms with Gasteiger partial charge in [0.2, 0.25) is 0 Å². The molecule has 3 aromatic rings. The van der Waals surface area contributed by atoms with Gasteiger partial charge in [0.1, 0.15) is 0 Å². The minimum absolute atomic E-state index is 0.256. The zero-order chi connectivity index (χ0) is 16.0. The van der Waals surface area contributed by atoms with Crippen molar-refractivity contribution < 1.29 is 9.90 Å². The molecule has 2 aromatic carbocycles. The molecule has 0 aliphatic heterocycles. The maximum Gasteiger partial charge on any atom is 0.306 e. The Morgan fingerprint density at radius 3 is 2.65 bits per heavy atom. The molecule has 1 N–H and O–H groups in total. The Balaban J connectivity index is 1.88. The third kappa shape index (κ3) is 2.24. The van der Waals surface area contributed by atoms with Crippen LogP contribution in [0.5, 0.6) is 0 Å². The summed E-state index contributed by atoms with van der Waals surface area (Å²) in [5.41, 5.74) is 6.09. The Hall–Kier alpha value is -2.55. The molecule has 116 valence electrons. The maximum absolute atomic E-state index is 11.4. The number of hydrogen-bond donors (Lipinski definition) is 1. The van der Waals surface area contributed by atoms with Gasteiger partial charge in [0.15, 0.2) is 0 Å². The van der Waals surface area contributed by atoms with Crippen LogP contribution in [0, 0.1) is 5.92 Å². The second-order valence-electron chi connectivity index (χ2n) is 6.36. The number of aryl methyl sites for hydroxylation is 1. The molecule has 0 spiro atoms. The van der Waals surface area contributed by atoms with Gasteiger partial charge in [-0.2, -0.15) is 0 Å². The van der Waals surface area contributed by atoms with E-state index in [1.54, 1.807) is 0 Å². The fourth-order valence-corrected chi connectivity index (χ4v) is 3.80. The molecule has 1 heterocycles. The van der Waals surface area contributed by atoms with Crippen LogP contribution < -0.4 is 0 Å².